The zero-order valence-corrected chi connectivity index (χ0v) is 10.6. The lowest BCUT2D eigenvalue weighted by Crippen LogP contribution is -1.99. The summed E-state index contributed by atoms with van der Waals surface area (Å²) in [5.74, 6) is 1.71. The first-order valence-electron chi connectivity index (χ1n) is 5.80. The molecule has 0 bridgehead atoms. The highest BCUT2D eigenvalue weighted by Gasteiger charge is 2.10. The number of nitro groups is 1. The molecule has 6 heteroatoms. The summed E-state index contributed by atoms with van der Waals surface area (Å²) in [6.45, 7) is 0.357. The van der Waals surface area contributed by atoms with Gasteiger partial charge < -0.3 is 9.84 Å². The fourth-order valence-corrected chi connectivity index (χ4v) is 1.43. The topological polar surface area (TPSA) is 89.7 Å². The van der Waals surface area contributed by atoms with Gasteiger partial charge in [0.25, 0.3) is 5.69 Å². The maximum atomic E-state index is 10.7. The van der Waals surface area contributed by atoms with Crippen molar-refractivity contribution >= 4 is 17.7 Å². The lowest BCUT2D eigenvalue weighted by atomic mass is 10.1. The van der Waals surface area contributed by atoms with Crippen molar-refractivity contribution < 1.29 is 19.6 Å². The summed E-state index contributed by atoms with van der Waals surface area (Å²) in [5, 5.41) is 19.3. The maximum Gasteiger partial charge on any atom is 0.328 e. The third-order valence-electron chi connectivity index (χ3n) is 2.33. The molecule has 0 atom stereocenters. The predicted molar refractivity (Wildman–Crippen MR) is 73.3 cm³/mol. The minimum atomic E-state index is -1.14. The fourth-order valence-electron chi connectivity index (χ4n) is 1.43. The summed E-state index contributed by atoms with van der Waals surface area (Å²) in [4.78, 5) is 20.7. The second kappa shape index (κ2) is 7.59. The summed E-state index contributed by atoms with van der Waals surface area (Å²) >= 11 is 0. The van der Waals surface area contributed by atoms with Crippen molar-refractivity contribution in [1.82, 2.24) is 0 Å². The minimum Gasteiger partial charge on any atom is -0.493 e. The van der Waals surface area contributed by atoms with Gasteiger partial charge in [0.15, 0.2) is 0 Å². The van der Waals surface area contributed by atoms with Crippen LogP contribution in [0.25, 0.3) is 6.08 Å². The Labute approximate surface area is 115 Å². The van der Waals surface area contributed by atoms with Crippen LogP contribution < -0.4 is 4.74 Å². The van der Waals surface area contributed by atoms with E-state index >= 15 is 0 Å². The van der Waals surface area contributed by atoms with Crippen LogP contribution in [0, 0.1) is 22.5 Å². The Balaban J connectivity index is 2.94. The molecule has 0 unspecified atom stereocenters. The van der Waals surface area contributed by atoms with Gasteiger partial charge in [0.1, 0.15) is 5.75 Å². The number of terminal acetylenes is 1. The van der Waals surface area contributed by atoms with Gasteiger partial charge in [0, 0.05) is 30.2 Å². The van der Waals surface area contributed by atoms with Gasteiger partial charge in [-0.2, -0.15) is 0 Å². The van der Waals surface area contributed by atoms with E-state index < -0.39 is 10.9 Å². The molecule has 104 valence electrons. The van der Waals surface area contributed by atoms with Gasteiger partial charge in [-0.3, -0.25) is 10.1 Å². The van der Waals surface area contributed by atoms with Crippen molar-refractivity contribution in [3.8, 4) is 18.1 Å². The van der Waals surface area contributed by atoms with Crippen LogP contribution >= 0.6 is 0 Å². The maximum absolute atomic E-state index is 10.7. The van der Waals surface area contributed by atoms with Gasteiger partial charge in [-0.25, -0.2) is 4.79 Å². The minimum absolute atomic E-state index is 0.133. The molecule has 1 N–H and O–H groups in total. The Hall–Kier alpha value is -2.81. The molecule has 0 saturated carbocycles. The number of carboxylic acids is 1. The number of non-ortho nitro benzene ring substituents is 1. The molecule has 1 rings (SSSR count). The molecule has 6 nitrogen and oxygen atoms in total. The lowest BCUT2D eigenvalue weighted by Gasteiger charge is -2.08. The largest absolute Gasteiger partial charge is 0.493 e. The molecule has 20 heavy (non-hydrogen) atoms. The van der Waals surface area contributed by atoms with Crippen LogP contribution in [0.5, 0.6) is 5.75 Å². The predicted octanol–water partition coefficient (Wildman–Crippen LogP) is 2.48. The second-order valence-corrected chi connectivity index (χ2v) is 3.81. The molecule has 0 aliphatic carbocycles. The van der Waals surface area contributed by atoms with E-state index in [1.54, 1.807) is 0 Å². The molecule has 1 aromatic rings. The van der Waals surface area contributed by atoms with Crippen LogP contribution in [-0.4, -0.2) is 22.6 Å². The van der Waals surface area contributed by atoms with E-state index in [9.17, 15) is 14.9 Å². The Morgan fingerprint density at radius 2 is 2.30 bits per heavy atom. The number of ether oxygens (including phenoxy) is 1. The smallest absolute Gasteiger partial charge is 0.328 e. The average Bonchev–Trinajstić information content (AvgIpc) is 2.41. The molecule has 1 aromatic carbocycles. The normalized spacial score (nSPS) is 10.2. The van der Waals surface area contributed by atoms with E-state index in [0.717, 1.165) is 6.08 Å². The first-order valence-corrected chi connectivity index (χ1v) is 5.80. The molecule has 0 fully saturated rings. The summed E-state index contributed by atoms with van der Waals surface area (Å²) < 4.78 is 5.44. The first kappa shape index (κ1) is 15.2. The van der Waals surface area contributed by atoms with Crippen molar-refractivity contribution in [2.45, 2.75) is 12.8 Å². The van der Waals surface area contributed by atoms with Gasteiger partial charge in [0.2, 0.25) is 0 Å². The highest BCUT2D eigenvalue weighted by atomic mass is 16.6. The summed E-state index contributed by atoms with van der Waals surface area (Å²) in [5.41, 5.74) is 0.202. The van der Waals surface area contributed by atoms with Crippen molar-refractivity contribution in [2.24, 2.45) is 0 Å². The molecule has 0 radical (unpaired) electrons. The molecule has 0 aliphatic rings. The molecular weight excluding hydrogens is 262 g/mol. The van der Waals surface area contributed by atoms with Crippen LogP contribution in [0.15, 0.2) is 24.3 Å². The highest BCUT2D eigenvalue weighted by Crippen LogP contribution is 2.25. The Bertz CT molecular complexity index is 571. The summed E-state index contributed by atoms with van der Waals surface area (Å²) in [6.07, 6.45) is 8.48. The van der Waals surface area contributed by atoms with Crippen molar-refractivity contribution in [1.29, 1.82) is 0 Å². The van der Waals surface area contributed by atoms with Crippen molar-refractivity contribution in [3.05, 3.63) is 40.0 Å². The molecule has 0 aliphatic heterocycles. The number of hydrogen-bond donors (Lipinski definition) is 1. The van der Waals surface area contributed by atoms with Crippen LogP contribution in [-0.2, 0) is 4.79 Å². The van der Waals surface area contributed by atoms with Gasteiger partial charge in [0.05, 0.1) is 11.5 Å². The number of nitrogens with zero attached hydrogens (tertiary/aromatic N) is 1. The van der Waals surface area contributed by atoms with E-state index in [2.05, 4.69) is 5.92 Å². The number of hydrogen-bond acceptors (Lipinski definition) is 4. The van der Waals surface area contributed by atoms with E-state index in [-0.39, 0.29) is 5.69 Å². The second-order valence-electron chi connectivity index (χ2n) is 3.81. The Morgan fingerprint density at radius 1 is 1.55 bits per heavy atom. The van der Waals surface area contributed by atoms with Gasteiger partial charge in [-0.1, -0.05) is 0 Å². The first-order chi connectivity index (χ1) is 9.54. The zero-order chi connectivity index (χ0) is 15.0. The summed E-state index contributed by atoms with van der Waals surface area (Å²) in [7, 11) is 0. The number of benzene rings is 1. The molecule has 0 spiro atoms. The molecule has 0 heterocycles. The number of carbonyl (C=O) groups is 1. The molecule has 0 aromatic heterocycles. The molecule has 0 amide bonds. The summed E-state index contributed by atoms with van der Waals surface area (Å²) in [6, 6.07) is 4.00. The fraction of sp³-hybridized carbons (Fsp3) is 0.214. The number of nitro benzene ring substituents is 1. The van der Waals surface area contributed by atoms with Gasteiger partial charge in [-0.15, -0.1) is 12.3 Å². The number of unbranched alkanes of at least 4 members (excludes halogenated alkanes) is 1. The van der Waals surface area contributed by atoms with E-state index in [1.807, 2.05) is 0 Å². The van der Waals surface area contributed by atoms with Gasteiger partial charge in [-0.05, 0) is 18.6 Å². The monoisotopic (exact) mass is 275 g/mol. The van der Waals surface area contributed by atoms with Crippen LogP contribution in [0.4, 0.5) is 5.69 Å². The Kier molecular flexibility index (Phi) is 5.78. The lowest BCUT2D eigenvalue weighted by molar-refractivity contribution is -0.384. The number of carboxylic acid groups (broad SMARTS) is 1. The standard InChI is InChI=1S/C14H13NO5/c1-2-3-4-9-20-13-7-6-12(15(18)19)10-11(13)5-8-14(16)17/h1,5-8,10H,3-4,9H2,(H,16,17)/b8-5+. The van der Waals surface area contributed by atoms with E-state index in [1.165, 1.54) is 24.3 Å². The van der Waals surface area contributed by atoms with E-state index in [0.29, 0.717) is 30.8 Å². The number of rotatable bonds is 7. The Morgan fingerprint density at radius 3 is 2.90 bits per heavy atom. The molecular formula is C14H13NO5. The average molecular weight is 275 g/mol. The zero-order valence-electron chi connectivity index (χ0n) is 10.6. The van der Waals surface area contributed by atoms with Crippen LogP contribution in [0.3, 0.4) is 0 Å². The van der Waals surface area contributed by atoms with Crippen LogP contribution in [0.1, 0.15) is 18.4 Å². The van der Waals surface area contributed by atoms with Crippen molar-refractivity contribution in [3.63, 3.8) is 0 Å². The SMILES string of the molecule is C#CCCCOc1ccc([N+](=O)[O-])cc1/C=C/C(=O)O. The van der Waals surface area contributed by atoms with Crippen molar-refractivity contribution in [2.75, 3.05) is 6.61 Å². The van der Waals surface area contributed by atoms with E-state index in [4.69, 9.17) is 16.3 Å². The quantitative estimate of drug-likeness (QED) is 0.271. The third kappa shape index (κ3) is 4.82. The number of aliphatic carboxylic acids is 1. The third-order valence-corrected chi connectivity index (χ3v) is 2.33. The highest BCUT2D eigenvalue weighted by molar-refractivity contribution is 5.86. The van der Waals surface area contributed by atoms with Gasteiger partial charge >= 0.3 is 5.97 Å². The van der Waals surface area contributed by atoms with Crippen LogP contribution in [0.2, 0.25) is 0 Å². The molecule has 0 saturated heterocycles.